The molecule has 0 aromatic rings. The van der Waals surface area contributed by atoms with Crippen molar-refractivity contribution in [3.05, 3.63) is 0 Å². The van der Waals surface area contributed by atoms with Crippen LogP contribution in [0.1, 0.15) is 0 Å². The van der Waals surface area contributed by atoms with Gasteiger partial charge in [-0.25, -0.2) is 0 Å². The third-order valence-corrected chi connectivity index (χ3v) is 9.47. The molecule has 0 unspecified atom stereocenters. The van der Waals surface area contributed by atoms with Crippen LogP contribution in [0.2, 0.25) is 5.40 Å². The Morgan fingerprint density at radius 3 is 0.833 bits per heavy atom. The zero-order chi connectivity index (χ0) is 9.94. The minimum absolute atomic E-state index is 0.586. The Morgan fingerprint density at radius 1 is 0.667 bits per heavy atom. The first-order valence-corrected chi connectivity index (χ1v) is 11.8. The van der Waals surface area contributed by atoms with Gasteiger partial charge in [-0.05, 0) is 0 Å². The summed E-state index contributed by atoms with van der Waals surface area (Å²) in [5, 5.41) is 0.586. The molecule has 5 nitrogen and oxygen atoms in total. The molecule has 6 heteroatoms. The molecule has 0 saturated carbocycles. The van der Waals surface area contributed by atoms with Crippen LogP contribution in [0.3, 0.4) is 0 Å². The Labute approximate surface area is 62.3 Å². The van der Waals surface area contributed by atoms with Crippen LogP contribution in [0, 0.1) is 0 Å². The molecule has 0 aromatic carbocycles. The predicted octanol–water partition coefficient (Wildman–Crippen LogP) is -1.40. The van der Waals surface area contributed by atoms with E-state index < -0.39 is 10.8 Å². The van der Waals surface area contributed by atoms with Gasteiger partial charge >= 0.3 is 61.9 Å². The third-order valence-electron chi connectivity index (χ3n) is 1.16. The van der Waals surface area contributed by atoms with Crippen LogP contribution in [-0.4, -0.2) is 21.8 Å². The quantitative estimate of drug-likeness (QED) is 0.541. The van der Waals surface area contributed by atoms with E-state index in [1.807, 2.05) is 0 Å². The molecule has 0 aliphatic heterocycles. The van der Waals surface area contributed by atoms with Gasteiger partial charge in [0, 0.05) is 0 Å². The standard InChI is InChI=1S/5CO.CH3.Re/c5*1-2;;/h;;;;;1H3;. The molecule has 0 heterocycles. The molecule has 0 spiro atoms. The fraction of sp³-hybridized carbons (Fsp3) is 0.167. The summed E-state index contributed by atoms with van der Waals surface area (Å²) in [4.78, 5) is 51.5. The molecular weight excluding hydrogens is 338 g/mol. The van der Waals surface area contributed by atoms with Gasteiger partial charge in [-0.3, -0.25) is 0 Å². The summed E-state index contributed by atoms with van der Waals surface area (Å²) in [6.45, 7) is 0. The third kappa shape index (κ3) is 0.882. The maximum absolute atomic E-state index is 10.3. The first-order chi connectivity index (χ1) is 5.39. The van der Waals surface area contributed by atoms with Gasteiger partial charge < -0.3 is 0 Å². The number of carbonyl (C=O) groups excluding carboxylic acids is 5. The summed E-state index contributed by atoms with van der Waals surface area (Å²) >= 11 is 0. The summed E-state index contributed by atoms with van der Waals surface area (Å²) in [7, 11) is -6.61. The normalized spacial score (nSPS) is 11.8. The fourth-order valence-electron chi connectivity index (χ4n) is 0.157. The van der Waals surface area contributed by atoms with E-state index in [-0.39, 0.29) is 0 Å². The van der Waals surface area contributed by atoms with E-state index in [1.54, 1.807) is 0 Å². The summed E-state index contributed by atoms with van der Waals surface area (Å²) < 4.78 is 4.28. The Hall–Kier alpha value is -1.44. The Balaban J connectivity index is 9.93. The van der Waals surface area contributed by atoms with Crippen LogP contribution < -0.4 is 0 Å². The van der Waals surface area contributed by atoms with Crippen LogP contribution in [0.15, 0.2) is 0 Å². The molecule has 0 radical (unpaired) electrons. The zero-order valence-electron chi connectivity index (χ0n) is 5.92. The van der Waals surface area contributed by atoms with Crippen molar-refractivity contribution in [2.45, 2.75) is 5.40 Å². The van der Waals surface area contributed by atoms with Crippen molar-refractivity contribution in [2.75, 3.05) is 0 Å². The second-order valence-corrected chi connectivity index (χ2v) is 18.6. The molecule has 0 atom stereocenters. The Bertz CT molecular complexity index is 672. The van der Waals surface area contributed by atoms with E-state index in [0.29, 0.717) is 5.40 Å². The molecule has 0 bridgehead atoms. The number of hydrogen-bond donors (Lipinski definition) is 0. The van der Waals surface area contributed by atoms with Gasteiger partial charge in [-0.15, -0.1) is 0 Å². The van der Waals surface area contributed by atoms with Gasteiger partial charge in [0.05, 0.1) is 0 Å². The zero-order valence-corrected chi connectivity index (χ0v) is 8.64. The molecule has 12 heavy (non-hydrogen) atoms. The van der Waals surface area contributed by atoms with Crippen LogP contribution in [0.4, 0.5) is 0 Å². The molecule has 0 saturated heterocycles. The molecule has 0 fully saturated rings. The molecule has 0 rings (SSSR count). The summed E-state index contributed by atoms with van der Waals surface area (Å²) in [5.41, 5.74) is 0. The molecular formula is C6H3O5Re. The Morgan fingerprint density at radius 2 is 0.833 bits per heavy atom. The van der Waals surface area contributed by atoms with E-state index in [9.17, 15) is 24.0 Å². The van der Waals surface area contributed by atoms with E-state index >= 15 is 0 Å². The van der Waals surface area contributed by atoms with Gasteiger partial charge in [0.1, 0.15) is 0 Å². The summed E-state index contributed by atoms with van der Waals surface area (Å²) in [5.74, 6) is 0. The number of rotatable bonds is 0. The SMILES string of the molecule is [CH3][Re](=[C]=O)(=[C]=O)(=[C]=O)(=[C]=O)=[C]=O. The fourth-order valence-corrected chi connectivity index (χ4v) is 1.29. The van der Waals surface area contributed by atoms with E-state index in [0.717, 1.165) is 21.8 Å². The molecule has 0 N–H and O–H groups in total. The number of hydrogen-bond acceptors (Lipinski definition) is 5. The second kappa shape index (κ2) is 2.03. The Kier molecular flexibility index (Phi) is 1.79. The molecule has 0 aromatic heterocycles. The first-order valence-electron chi connectivity index (χ1n) is 2.34. The molecule has 64 valence electrons. The molecule has 0 aliphatic carbocycles. The maximum atomic E-state index is 10.3. The summed E-state index contributed by atoms with van der Waals surface area (Å²) in [6, 6.07) is 0. The minimum atomic E-state index is -6.61. The average molecular weight is 341 g/mol. The van der Waals surface area contributed by atoms with Crippen LogP contribution in [0.5, 0.6) is 0 Å². The average Bonchev–Trinajstić information content (AvgIpc) is 2.19. The van der Waals surface area contributed by atoms with Crippen molar-refractivity contribution in [1.29, 1.82) is 0 Å². The topological polar surface area (TPSA) is 85.3 Å². The van der Waals surface area contributed by atoms with Crippen molar-refractivity contribution >= 4 is 21.8 Å². The van der Waals surface area contributed by atoms with Gasteiger partial charge in [0.25, 0.3) is 0 Å². The first kappa shape index (κ1) is 10.6. The van der Waals surface area contributed by atoms with Gasteiger partial charge in [-0.1, -0.05) is 0 Å². The van der Waals surface area contributed by atoms with Crippen molar-refractivity contribution in [1.82, 2.24) is 0 Å². The van der Waals surface area contributed by atoms with Gasteiger partial charge in [0.15, 0.2) is 0 Å². The van der Waals surface area contributed by atoms with Gasteiger partial charge in [0.2, 0.25) is 0 Å². The van der Waals surface area contributed by atoms with Crippen molar-refractivity contribution < 1.29 is 34.8 Å². The van der Waals surface area contributed by atoms with Crippen LogP contribution >= 0.6 is 0 Å². The van der Waals surface area contributed by atoms with Crippen LogP contribution in [-0.2, 0) is 34.8 Å². The van der Waals surface area contributed by atoms with Crippen molar-refractivity contribution in [2.24, 2.45) is 0 Å². The van der Waals surface area contributed by atoms with E-state index in [1.165, 1.54) is 0 Å². The van der Waals surface area contributed by atoms with Gasteiger partial charge in [-0.2, -0.15) is 0 Å². The van der Waals surface area contributed by atoms with Crippen molar-refractivity contribution in [3.8, 4) is 0 Å². The predicted molar refractivity (Wildman–Crippen MR) is 34.3 cm³/mol. The molecule has 0 aliphatic rings. The van der Waals surface area contributed by atoms with Crippen molar-refractivity contribution in [3.63, 3.8) is 0 Å². The second-order valence-electron chi connectivity index (χ2n) is 2.28. The van der Waals surface area contributed by atoms with E-state index in [2.05, 4.69) is 0 Å². The monoisotopic (exact) mass is 342 g/mol. The van der Waals surface area contributed by atoms with E-state index in [4.69, 9.17) is 0 Å². The molecule has 0 amide bonds. The summed E-state index contributed by atoms with van der Waals surface area (Å²) in [6.07, 6.45) is 0. The van der Waals surface area contributed by atoms with Crippen LogP contribution in [0.25, 0.3) is 0 Å².